The van der Waals surface area contributed by atoms with E-state index in [0.717, 1.165) is 74.6 Å². The molecule has 0 bridgehead atoms. The summed E-state index contributed by atoms with van der Waals surface area (Å²) in [6.45, 7) is 2.31. The molecule has 0 saturated heterocycles. The van der Waals surface area contributed by atoms with Crippen LogP contribution in [0.15, 0.2) is 130 Å². The second kappa shape index (κ2) is 10.7. The van der Waals surface area contributed by atoms with Gasteiger partial charge in [-0.2, -0.15) is 0 Å². The van der Waals surface area contributed by atoms with Crippen molar-refractivity contribution in [3.63, 3.8) is 0 Å². The number of furan rings is 2. The Hall–Kier alpha value is -6.07. The SMILES string of the molecule is CC1(c2cccc(-c3nc(-c4ccc5c(c4)C=CCC5)nc(-c4ccc5oc6ccccc6c5c4)n3)c2)CC=Cc2oc3ccccc3c21. The topological polar surface area (TPSA) is 65.0 Å². The van der Waals surface area contributed by atoms with Crippen molar-refractivity contribution in [1.29, 1.82) is 0 Å². The maximum atomic E-state index is 6.31. The van der Waals surface area contributed by atoms with Gasteiger partial charge in [0.25, 0.3) is 0 Å². The summed E-state index contributed by atoms with van der Waals surface area (Å²) in [5, 5.41) is 3.27. The summed E-state index contributed by atoms with van der Waals surface area (Å²) in [4.78, 5) is 15.4. The summed E-state index contributed by atoms with van der Waals surface area (Å²) in [5.74, 6) is 2.84. The Morgan fingerprint density at radius 1 is 0.571 bits per heavy atom. The van der Waals surface area contributed by atoms with Crippen LogP contribution in [0.25, 0.3) is 79.2 Å². The van der Waals surface area contributed by atoms with Crippen molar-refractivity contribution in [3.8, 4) is 34.2 Å². The molecule has 234 valence electrons. The van der Waals surface area contributed by atoms with E-state index in [4.69, 9.17) is 23.8 Å². The highest BCUT2D eigenvalue weighted by Crippen LogP contribution is 2.46. The maximum absolute atomic E-state index is 6.31. The van der Waals surface area contributed by atoms with Gasteiger partial charge in [-0.05, 0) is 84.5 Å². The lowest BCUT2D eigenvalue weighted by molar-refractivity contribution is 0.535. The molecule has 3 heterocycles. The first kappa shape index (κ1) is 28.0. The molecule has 1 unspecified atom stereocenters. The Morgan fingerprint density at radius 2 is 1.27 bits per heavy atom. The highest BCUT2D eigenvalue weighted by molar-refractivity contribution is 6.06. The first-order chi connectivity index (χ1) is 24.1. The average Bonchev–Trinajstić information content (AvgIpc) is 3.73. The first-order valence-electron chi connectivity index (χ1n) is 16.9. The zero-order valence-corrected chi connectivity index (χ0v) is 27.0. The molecule has 10 rings (SSSR count). The highest BCUT2D eigenvalue weighted by Gasteiger charge is 2.36. The molecule has 2 aliphatic rings. The number of hydrogen-bond acceptors (Lipinski definition) is 5. The van der Waals surface area contributed by atoms with Crippen LogP contribution in [0.2, 0.25) is 0 Å². The Labute approximate surface area is 283 Å². The van der Waals surface area contributed by atoms with Crippen LogP contribution in [0.3, 0.4) is 0 Å². The number of nitrogens with zero attached hydrogens (tertiary/aromatic N) is 3. The molecule has 5 heteroatoms. The molecule has 1 atom stereocenters. The third-order valence-electron chi connectivity index (χ3n) is 10.3. The number of hydrogen-bond donors (Lipinski definition) is 0. The summed E-state index contributed by atoms with van der Waals surface area (Å²) in [6, 6.07) is 37.9. The van der Waals surface area contributed by atoms with E-state index >= 15 is 0 Å². The molecule has 0 fully saturated rings. The zero-order chi connectivity index (χ0) is 32.5. The van der Waals surface area contributed by atoms with E-state index in [2.05, 4.69) is 98.0 Å². The van der Waals surface area contributed by atoms with Crippen LogP contribution in [0.1, 0.15) is 47.8 Å². The van der Waals surface area contributed by atoms with Gasteiger partial charge in [-0.15, -0.1) is 0 Å². The maximum Gasteiger partial charge on any atom is 0.164 e. The van der Waals surface area contributed by atoms with Crippen molar-refractivity contribution in [2.75, 3.05) is 0 Å². The first-order valence-corrected chi connectivity index (χ1v) is 16.9. The van der Waals surface area contributed by atoms with Crippen LogP contribution in [-0.2, 0) is 11.8 Å². The van der Waals surface area contributed by atoms with Crippen LogP contribution in [0, 0.1) is 0 Å². The molecule has 0 aliphatic heterocycles. The van der Waals surface area contributed by atoms with E-state index in [9.17, 15) is 0 Å². The second-order valence-corrected chi connectivity index (χ2v) is 13.3. The molecule has 2 aliphatic carbocycles. The quantitative estimate of drug-likeness (QED) is 0.193. The van der Waals surface area contributed by atoms with Crippen LogP contribution >= 0.6 is 0 Å². The van der Waals surface area contributed by atoms with Gasteiger partial charge in [0.2, 0.25) is 0 Å². The van der Waals surface area contributed by atoms with E-state index in [1.807, 2.05) is 42.5 Å². The van der Waals surface area contributed by atoms with E-state index in [-0.39, 0.29) is 5.41 Å². The zero-order valence-electron chi connectivity index (χ0n) is 27.0. The summed E-state index contributed by atoms with van der Waals surface area (Å²) >= 11 is 0. The van der Waals surface area contributed by atoms with Gasteiger partial charge >= 0.3 is 0 Å². The van der Waals surface area contributed by atoms with Crippen molar-refractivity contribution >= 4 is 45.1 Å². The number of fused-ring (bicyclic) bond motifs is 7. The Kier molecular flexibility index (Phi) is 6.13. The molecule has 5 nitrogen and oxygen atoms in total. The van der Waals surface area contributed by atoms with Crippen molar-refractivity contribution < 1.29 is 8.83 Å². The van der Waals surface area contributed by atoms with E-state index in [1.54, 1.807) is 0 Å². The summed E-state index contributed by atoms with van der Waals surface area (Å²) in [6.07, 6.45) is 11.8. The molecule has 0 N–H and O–H groups in total. The van der Waals surface area contributed by atoms with Crippen molar-refractivity contribution in [1.82, 2.24) is 15.0 Å². The van der Waals surface area contributed by atoms with E-state index in [0.29, 0.717) is 17.5 Å². The van der Waals surface area contributed by atoms with Gasteiger partial charge in [0.05, 0.1) is 0 Å². The standard InChI is InChI=1S/C44H31N3O2/c1-44(23-9-18-39-40(44)34-15-5-7-17-37(34)49-39)32-13-8-12-29(25-32)41-45-42(30-20-19-27-10-2-3-11-28(27)24-30)47-43(46-41)31-21-22-38-35(26-31)33-14-4-6-16-36(33)48-38/h3-9,11-22,24-26H,2,10,23H2,1H3. The summed E-state index contributed by atoms with van der Waals surface area (Å²) in [5.41, 5.74) is 10.2. The van der Waals surface area contributed by atoms with Crippen LogP contribution in [0.4, 0.5) is 0 Å². The Morgan fingerprint density at radius 3 is 2.10 bits per heavy atom. The van der Waals surface area contributed by atoms with Gasteiger partial charge in [-0.25, -0.2) is 15.0 Å². The highest BCUT2D eigenvalue weighted by atomic mass is 16.3. The van der Waals surface area contributed by atoms with Gasteiger partial charge in [0.15, 0.2) is 17.5 Å². The minimum absolute atomic E-state index is 0.288. The molecule has 0 saturated carbocycles. The molecule has 0 radical (unpaired) electrons. The van der Waals surface area contributed by atoms with Gasteiger partial charge in [0, 0.05) is 43.8 Å². The minimum Gasteiger partial charge on any atom is -0.456 e. The predicted molar refractivity (Wildman–Crippen MR) is 197 cm³/mol. The van der Waals surface area contributed by atoms with Gasteiger partial charge in [0.1, 0.15) is 22.5 Å². The lowest BCUT2D eigenvalue weighted by Crippen LogP contribution is -2.25. The lowest BCUT2D eigenvalue weighted by atomic mass is 9.70. The molecule has 3 aromatic heterocycles. The fraction of sp³-hybridized carbons (Fsp3) is 0.114. The number of aryl methyl sites for hydroxylation is 1. The van der Waals surface area contributed by atoms with Crippen LogP contribution in [-0.4, -0.2) is 15.0 Å². The molecule has 0 amide bonds. The fourth-order valence-corrected chi connectivity index (χ4v) is 7.71. The fourth-order valence-electron chi connectivity index (χ4n) is 7.71. The molecular formula is C44H31N3O2. The molecular weight excluding hydrogens is 603 g/mol. The molecule has 0 spiro atoms. The molecule has 5 aromatic carbocycles. The Balaban J connectivity index is 1.15. The van der Waals surface area contributed by atoms with E-state index < -0.39 is 0 Å². The third kappa shape index (κ3) is 4.50. The smallest absolute Gasteiger partial charge is 0.164 e. The van der Waals surface area contributed by atoms with Crippen LogP contribution < -0.4 is 0 Å². The molecule has 49 heavy (non-hydrogen) atoms. The number of allylic oxidation sites excluding steroid dienone is 2. The number of aromatic nitrogens is 3. The average molecular weight is 634 g/mol. The molecule has 8 aromatic rings. The van der Waals surface area contributed by atoms with Gasteiger partial charge in [-0.1, -0.05) is 91.9 Å². The third-order valence-corrected chi connectivity index (χ3v) is 10.3. The van der Waals surface area contributed by atoms with Gasteiger partial charge < -0.3 is 8.83 Å². The van der Waals surface area contributed by atoms with Crippen molar-refractivity contribution in [2.24, 2.45) is 0 Å². The normalized spacial score (nSPS) is 16.8. The summed E-state index contributed by atoms with van der Waals surface area (Å²) in [7, 11) is 0. The van der Waals surface area contributed by atoms with Crippen molar-refractivity contribution in [3.05, 3.63) is 149 Å². The Bertz CT molecular complexity index is 2680. The predicted octanol–water partition coefficient (Wildman–Crippen LogP) is 11.2. The monoisotopic (exact) mass is 633 g/mol. The minimum atomic E-state index is -0.288. The largest absolute Gasteiger partial charge is 0.456 e. The lowest BCUT2D eigenvalue weighted by Gasteiger charge is -2.32. The number of benzene rings is 5. The van der Waals surface area contributed by atoms with E-state index in [1.165, 1.54) is 22.3 Å². The number of para-hydroxylation sites is 2. The van der Waals surface area contributed by atoms with Gasteiger partial charge in [-0.3, -0.25) is 0 Å². The number of rotatable bonds is 4. The second-order valence-electron chi connectivity index (χ2n) is 13.3. The van der Waals surface area contributed by atoms with Crippen LogP contribution in [0.5, 0.6) is 0 Å². The summed E-state index contributed by atoms with van der Waals surface area (Å²) < 4.78 is 12.4. The van der Waals surface area contributed by atoms with Crippen molar-refractivity contribution in [2.45, 2.75) is 31.6 Å².